The predicted octanol–water partition coefficient (Wildman–Crippen LogP) is 1.08. The SMILES string of the molecule is CS(=O)(=O)CCC1(N)CCCCC1. The van der Waals surface area contributed by atoms with Gasteiger partial charge in [-0.1, -0.05) is 19.3 Å². The van der Waals surface area contributed by atoms with E-state index in [1.54, 1.807) is 0 Å². The summed E-state index contributed by atoms with van der Waals surface area (Å²) in [6.07, 6.45) is 7.44. The Morgan fingerprint density at radius 1 is 1.23 bits per heavy atom. The standard InChI is InChI=1S/C9H19NO2S/c1-13(11,12)8-7-9(10)5-3-2-4-6-9/h2-8,10H2,1H3. The minimum atomic E-state index is -2.84. The fraction of sp³-hybridized carbons (Fsp3) is 1.00. The van der Waals surface area contributed by atoms with Crippen molar-refractivity contribution in [3.8, 4) is 0 Å². The Hall–Kier alpha value is -0.0900. The molecule has 0 aliphatic heterocycles. The summed E-state index contributed by atoms with van der Waals surface area (Å²) >= 11 is 0. The topological polar surface area (TPSA) is 60.2 Å². The van der Waals surface area contributed by atoms with E-state index in [-0.39, 0.29) is 11.3 Å². The average molecular weight is 205 g/mol. The lowest BCUT2D eigenvalue weighted by Crippen LogP contribution is -2.43. The van der Waals surface area contributed by atoms with Crippen LogP contribution in [0.25, 0.3) is 0 Å². The summed E-state index contributed by atoms with van der Waals surface area (Å²) in [4.78, 5) is 0. The molecule has 1 rings (SSSR count). The fourth-order valence-corrected chi connectivity index (χ4v) is 2.67. The summed E-state index contributed by atoms with van der Waals surface area (Å²) < 4.78 is 21.9. The van der Waals surface area contributed by atoms with E-state index >= 15 is 0 Å². The number of sulfone groups is 1. The number of rotatable bonds is 3. The third-order valence-corrected chi connectivity index (χ3v) is 3.77. The minimum Gasteiger partial charge on any atom is -0.325 e. The van der Waals surface area contributed by atoms with Crippen molar-refractivity contribution < 1.29 is 8.42 Å². The molecule has 1 aliphatic rings. The Balaban J connectivity index is 2.42. The van der Waals surface area contributed by atoms with Crippen molar-refractivity contribution in [3.05, 3.63) is 0 Å². The van der Waals surface area contributed by atoms with Gasteiger partial charge in [-0.2, -0.15) is 0 Å². The third-order valence-electron chi connectivity index (χ3n) is 2.82. The molecule has 0 heterocycles. The first-order chi connectivity index (χ1) is 5.91. The zero-order chi connectivity index (χ0) is 9.95. The van der Waals surface area contributed by atoms with Gasteiger partial charge in [0, 0.05) is 11.8 Å². The van der Waals surface area contributed by atoms with E-state index in [4.69, 9.17) is 5.73 Å². The molecule has 1 aliphatic carbocycles. The van der Waals surface area contributed by atoms with Crippen molar-refractivity contribution in [2.75, 3.05) is 12.0 Å². The molecule has 78 valence electrons. The van der Waals surface area contributed by atoms with Crippen molar-refractivity contribution in [1.82, 2.24) is 0 Å². The monoisotopic (exact) mass is 205 g/mol. The highest BCUT2D eigenvalue weighted by atomic mass is 32.2. The van der Waals surface area contributed by atoms with Gasteiger partial charge in [0.2, 0.25) is 0 Å². The molecule has 0 bridgehead atoms. The highest BCUT2D eigenvalue weighted by molar-refractivity contribution is 7.90. The summed E-state index contributed by atoms with van der Waals surface area (Å²) in [7, 11) is -2.84. The molecular weight excluding hydrogens is 186 g/mol. The Kier molecular flexibility index (Phi) is 3.35. The Bertz CT molecular complexity index is 253. The zero-order valence-corrected chi connectivity index (χ0v) is 9.07. The molecule has 1 saturated carbocycles. The van der Waals surface area contributed by atoms with E-state index in [2.05, 4.69) is 0 Å². The van der Waals surface area contributed by atoms with Gasteiger partial charge in [-0.05, 0) is 19.3 Å². The molecule has 0 aromatic carbocycles. The normalized spacial score (nSPS) is 22.9. The predicted molar refractivity (Wildman–Crippen MR) is 54.3 cm³/mol. The summed E-state index contributed by atoms with van der Waals surface area (Å²) in [6, 6.07) is 0. The van der Waals surface area contributed by atoms with Crippen LogP contribution >= 0.6 is 0 Å². The van der Waals surface area contributed by atoms with Gasteiger partial charge >= 0.3 is 0 Å². The maximum Gasteiger partial charge on any atom is 0.147 e. The molecule has 1 fully saturated rings. The Morgan fingerprint density at radius 3 is 2.23 bits per heavy atom. The van der Waals surface area contributed by atoms with E-state index in [9.17, 15) is 8.42 Å². The fourth-order valence-electron chi connectivity index (χ4n) is 1.89. The molecule has 0 radical (unpaired) electrons. The smallest absolute Gasteiger partial charge is 0.147 e. The van der Waals surface area contributed by atoms with Crippen LogP contribution in [0.5, 0.6) is 0 Å². The van der Waals surface area contributed by atoms with Crippen LogP contribution in [-0.4, -0.2) is 26.0 Å². The van der Waals surface area contributed by atoms with E-state index in [1.807, 2.05) is 0 Å². The lowest BCUT2D eigenvalue weighted by Gasteiger charge is -2.33. The second-order valence-corrected chi connectivity index (χ2v) is 6.56. The lowest BCUT2D eigenvalue weighted by molar-refractivity contribution is 0.288. The van der Waals surface area contributed by atoms with E-state index in [1.165, 1.54) is 12.7 Å². The molecule has 0 atom stereocenters. The van der Waals surface area contributed by atoms with Gasteiger partial charge in [0.15, 0.2) is 0 Å². The van der Waals surface area contributed by atoms with Crippen molar-refractivity contribution in [2.45, 2.75) is 44.1 Å². The van der Waals surface area contributed by atoms with E-state index < -0.39 is 9.84 Å². The Morgan fingerprint density at radius 2 is 1.77 bits per heavy atom. The molecular formula is C9H19NO2S. The number of nitrogens with two attached hydrogens (primary N) is 1. The largest absolute Gasteiger partial charge is 0.325 e. The lowest BCUT2D eigenvalue weighted by atomic mass is 9.81. The minimum absolute atomic E-state index is 0.193. The van der Waals surface area contributed by atoms with Crippen molar-refractivity contribution >= 4 is 9.84 Å². The van der Waals surface area contributed by atoms with Crippen LogP contribution in [0.2, 0.25) is 0 Å². The van der Waals surface area contributed by atoms with Crippen LogP contribution < -0.4 is 5.73 Å². The van der Waals surface area contributed by atoms with Gasteiger partial charge in [-0.15, -0.1) is 0 Å². The molecule has 3 nitrogen and oxygen atoms in total. The van der Waals surface area contributed by atoms with Gasteiger partial charge in [0.1, 0.15) is 9.84 Å². The first kappa shape index (κ1) is 11.0. The summed E-state index contributed by atoms with van der Waals surface area (Å²) in [5.41, 5.74) is 5.91. The number of hydrogen-bond acceptors (Lipinski definition) is 3. The maximum absolute atomic E-state index is 11.0. The van der Waals surface area contributed by atoms with Crippen molar-refractivity contribution in [2.24, 2.45) is 5.73 Å². The molecule has 4 heteroatoms. The average Bonchev–Trinajstić information content (AvgIpc) is 2.02. The molecule has 2 N–H and O–H groups in total. The molecule has 13 heavy (non-hydrogen) atoms. The van der Waals surface area contributed by atoms with Crippen molar-refractivity contribution in [1.29, 1.82) is 0 Å². The van der Waals surface area contributed by atoms with Crippen LogP contribution in [0, 0.1) is 0 Å². The highest BCUT2D eigenvalue weighted by Crippen LogP contribution is 2.28. The van der Waals surface area contributed by atoms with Gasteiger partial charge < -0.3 is 5.73 Å². The van der Waals surface area contributed by atoms with Crippen LogP contribution in [0.15, 0.2) is 0 Å². The van der Waals surface area contributed by atoms with Gasteiger partial charge in [-0.25, -0.2) is 8.42 Å². The third kappa shape index (κ3) is 4.09. The quantitative estimate of drug-likeness (QED) is 0.750. The first-order valence-electron chi connectivity index (χ1n) is 4.88. The van der Waals surface area contributed by atoms with E-state index in [0.29, 0.717) is 6.42 Å². The van der Waals surface area contributed by atoms with Gasteiger partial charge in [0.05, 0.1) is 5.75 Å². The van der Waals surface area contributed by atoms with E-state index in [0.717, 1.165) is 25.7 Å². The van der Waals surface area contributed by atoms with Crippen LogP contribution in [0.3, 0.4) is 0 Å². The zero-order valence-electron chi connectivity index (χ0n) is 8.25. The molecule has 0 aromatic rings. The van der Waals surface area contributed by atoms with Crippen LogP contribution in [-0.2, 0) is 9.84 Å². The molecule has 0 spiro atoms. The summed E-state index contributed by atoms with van der Waals surface area (Å²) in [6.45, 7) is 0. The van der Waals surface area contributed by atoms with Crippen molar-refractivity contribution in [3.63, 3.8) is 0 Å². The second kappa shape index (κ2) is 3.96. The van der Waals surface area contributed by atoms with Crippen LogP contribution in [0.1, 0.15) is 38.5 Å². The highest BCUT2D eigenvalue weighted by Gasteiger charge is 2.27. The second-order valence-electron chi connectivity index (χ2n) is 4.30. The first-order valence-corrected chi connectivity index (χ1v) is 6.94. The summed E-state index contributed by atoms with van der Waals surface area (Å²) in [5, 5.41) is 0. The molecule has 0 unspecified atom stereocenters. The molecule has 0 aromatic heterocycles. The van der Waals surface area contributed by atoms with Crippen LogP contribution in [0.4, 0.5) is 0 Å². The molecule has 0 saturated heterocycles. The Labute approximate surface area is 80.6 Å². The maximum atomic E-state index is 11.0. The van der Waals surface area contributed by atoms with Gasteiger partial charge in [-0.3, -0.25) is 0 Å². The number of hydrogen-bond donors (Lipinski definition) is 1. The van der Waals surface area contributed by atoms with Gasteiger partial charge in [0.25, 0.3) is 0 Å². The summed E-state index contributed by atoms with van der Waals surface area (Å²) in [5.74, 6) is 0.240. The molecule has 0 amide bonds.